The lowest BCUT2D eigenvalue weighted by atomic mass is 9.92. The Morgan fingerprint density at radius 3 is 1.56 bits per heavy atom. The van der Waals surface area contributed by atoms with Gasteiger partial charge in [-0.1, -0.05) is 170 Å². The first kappa shape index (κ1) is 31.4. The van der Waals surface area contributed by atoms with Gasteiger partial charge in [-0.15, -0.1) is 0 Å². The number of rotatable bonds is 6. The molecule has 7 aromatic carbocycles. The highest BCUT2D eigenvalue weighted by Crippen LogP contribution is 2.38. The fourth-order valence-corrected chi connectivity index (χ4v) is 7.39. The lowest BCUT2D eigenvalue weighted by molar-refractivity contribution is 1.18. The molecule has 0 fully saturated rings. The Bertz CT molecular complexity index is 2900. The Balaban J connectivity index is 0.980. The van der Waals surface area contributed by atoms with Gasteiger partial charge >= 0.3 is 0 Å². The van der Waals surface area contributed by atoms with E-state index < -0.39 is 0 Å². The second-order valence-corrected chi connectivity index (χ2v) is 13.5. The molecule has 0 aliphatic carbocycles. The van der Waals surface area contributed by atoms with Gasteiger partial charge in [0.2, 0.25) is 0 Å². The predicted molar refractivity (Wildman–Crippen MR) is 223 cm³/mol. The maximum absolute atomic E-state index is 5.13. The van der Waals surface area contributed by atoms with E-state index in [2.05, 4.69) is 151 Å². The Kier molecular flexibility index (Phi) is 7.77. The molecule has 0 atom stereocenters. The average Bonchev–Trinajstić information content (AvgIpc) is 3.26. The van der Waals surface area contributed by atoms with Crippen molar-refractivity contribution in [3.63, 3.8) is 0 Å². The summed E-state index contributed by atoms with van der Waals surface area (Å²) < 4.78 is 0. The fraction of sp³-hybridized carbons (Fsp3) is 0. The monoisotopic (exact) mass is 688 g/mol. The standard InChI is InChI=1S/C50H32N4/c1-3-10-36(11-4-1)46-32-47(54-50(53-46)40-12-5-2-6-13-40)44-29-28-41(42-15-7-8-16-43(42)44)35-21-17-33(18-22-35)34-19-23-37(24-20-34)45-30-27-39-26-25-38-14-9-31-51-48(38)49(39)52-45/h1-32H. The molecule has 0 radical (unpaired) electrons. The number of fused-ring (bicyclic) bond motifs is 4. The summed E-state index contributed by atoms with van der Waals surface area (Å²) in [6.07, 6.45) is 1.83. The third-order valence-corrected chi connectivity index (χ3v) is 10.2. The molecule has 0 N–H and O–H groups in total. The van der Waals surface area contributed by atoms with Gasteiger partial charge in [-0.2, -0.15) is 0 Å². The van der Waals surface area contributed by atoms with Gasteiger partial charge in [0.05, 0.1) is 28.1 Å². The maximum Gasteiger partial charge on any atom is 0.160 e. The Morgan fingerprint density at radius 1 is 0.296 bits per heavy atom. The van der Waals surface area contributed by atoms with Gasteiger partial charge < -0.3 is 0 Å². The Morgan fingerprint density at radius 2 is 0.833 bits per heavy atom. The minimum absolute atomic E-state index is 0.711. The quantitative estimate of drug-likeness (QED) is 0.163. The first-order chi connectivity index (χ1) is 26.7. The number of benzene rings is 7. The summed E-state index contributed by atoms with van der Waals surface area (Å²) in [4.78, 5) is 19.8. The third-order valence-electron chi connectivity index (χ3n) is 10.2. The van der Waals surface area contributed by atoms with Crippen LogP contribution < -0.4 is 0 Å². The number of hydrogen-bond acceptors (Lipinski definition) is 4. The summed E-state index contributed by atoms with van der Waals surface area (Å²) in [5.41, 5.74) is 13.5. The van der Waals surface area contributed by atoms with Gasteiger partial charge in [0.25, 0.3) is 0 Å². The normalized spacial score (nSPS) is 11.3. The second kappa shape index (κ2) is 13.4. The van der Waals surface area contributed by atoms with E-state index in [1.165, 1.54) is 10.9 Å². The predicted octanol–water partition coefficient (Wildman–Crippen LogP) is 12.7. The van der Waals surface area contributed by atoms with E-state index in [1.54, 1.807) is 0 Å². The summed E-state index contributed by atoms with van der Waals surface area (Å²) in [6, 6.07) is 65.7. The summed E-state index contributed by atoms with van der Waals surface area (Å²) in [5, 5.41) is 4.52. The van der Waals surface area contributed by atoms with E-state index in [0.29, 0.717) is 5.82 Å². The number of pyridine rings is 2. The largest absolute Gasteiger partial charge is 0.254 e. The van der Waals surface area contributed by atoms with E-state index in [-0.39, 0.29) is 0 Å². The lowest BCUT2D eigenvalue weighted by Crippen LogP contribution is -1.96. The molecular weight excluding hydrogens is 657 g/mol. The van der Waals surface area contributed by atoms with Crippen molar-refractivity contribution in [1.29, 1.82) is 0 Å². The van der Waals surface area contributed by atoms with Crippen molar-refractivity contribution in [2.45, 2.75) is 0 Å². The van der Waals surface area contributed by atoms with Crippen LogP contribution in [0.4, 0.5) is 0 Å². The van der Waals surface area contributed by atoms with Gasteiger partial charge in [0.15, 0.2) is 5.82 Å². The molecule has 10 aromatic rings. The summed E-state index contributed by atoms with van der Waals surface area (Å²) in [6.45, 7) is 0. The third kappa shape index (κ3) is 5.76. The summed E-state index contributed by atoms with van der Waals surface area (Å²) in [7, 11) is 0. The van der Waals surface area contributed by atoms with Crippen LogP contribution in [0.2, 0.25) is 0 Å². The summed E-state index contributed by atoms with van der Waals surface area (Å²) >= 11 is 0. The highest BCUT2D eigenvalue weighted by atomic mass is 14.9. The van der Waals surface area contributed by atoms with E-state index >= 15 is 0 Å². The fourth-order valence-electron chi connectivity index (χ4n) is 7.39. The van der Waals surface area contributed by atoms with Crippen LogP contribution >= 0.6 is 0 Å². The SMILES string of the molecule is c1ccc(-c2cc(-c3ccc(-c4ccc(-c5ccc(-c6ccc7ccc8cccnc8c7n6)cc5)cc4)c4ccccc34)nc(-c3ccccc3)n2)cc1. The number of hydrogen-bond donors (Lipinski definition) is 0. The molecule has 4 heteroatoms. The van der Waals surface area contributed by atoms with Crippen molar-refractivity contribution >= 4 is 32.6 Å². The van der Waals surface area contributed by atoms with Gasteiger partial charge in [0, 0.05) is 39.2 Å². The van der Waals surface area contributed by atoms with Crippen LogP contribution in [0.5, 0.6) is 0 Å². The zero-order valence-electron chi connectivity index (χ0n) is 29.3. The van der Waals surface area contributed by atoms with Gasteiger partial charge in [-0.05, 0) is 51.2 Å². The summed E-state index contributed by atoms with van der Waals surface area (Å²) in [5.74, 6) is 0.711. The smallest absolute Gasteiger partial charge is 0.160 e. The number of nitrogens with zero attached hydrogens (tertiary/aromatic N) is 4. The molecule has 0 aliphatic rings. The van der Waals surface area contributed by atoms with Crippen molar-refractivity contribution in [2.24, 2.45) is 0 Å². The highest BCUT2D eigenvalue weighted by Gasteiger charge is 2.15. The first-order valence-corrected chi connectivity index (χ1v) is 18.1. The molecule has 0 amide bonds. The van der Waals surface area contributed by atoms with Gasteiger partial charge in [-0.25, -0.2) is 15.0 Å². The highest BCUT2D eigenvalue weighted by molar-refractivity contribution is 6.05. The minimum Gasteiger partial charge on any atom is -0.254 e. The van der Waals surface area contributed by atoms with Crippen LogP contribution in [0.15, 0.2) is 194 Å². The van der Waals surface area contributed by atoms with E-state index in [9.17, 15) is 0 Å². The molecule has 4 nitrogen and oxygen atoms in total. The van der Waals surface area contributed by atoms with Crippen LogP contribution in [0.1, 0.15) is 0 Å². The molecule has 252 valence electrons. The minimum atomic E-state index is 0.711. The van der Waals surface area contributed by atoms with Crippen LogP contribution in [0.25, 0.3) is 100.0 Å². The van der Waals surface area contributed by atoms with Crippen molar-refractivity contribution in [3.05, 3.63) is 194 Å². The van der Waals surface area contributed by atoms with Crippen molar-refractivity contribution in [3.8, 4) is 67.4 Å². The molecule has 0 unspecified atom stereocenters. The zero-order chi connectivity index (χ0) is 35.8. The Labute approximate surface area is 313 Å². The Hall–Kier alpha value is -7.30. The molecule has 10 rings (SSSR count). The molecular formula is C50H32N4. The van der Waals surface area contributed by atoms with Gasteiger partial charge in [-0.3, -0.25) is 4.98 Å². The molecule has 54 heavy (non-hydrogen) atoms. The molecule has 3 heterocycles. The molecule has 0 spiro atoms. The van der Waals surface area contributed by atoms with Gasteiger partial charge in [0.1, 0.15) is 0 Å². The maximum atomic E-state index is 5.13. The molecule has 3 aromatic heterocycles. The van der Waals surface area contributed by atoms with Crippen molar-refractivity contribution in [1.82, 2.24) is 19.9 Å². The molecule has 0 saturated carbocycles. The molecule has 0 bridgehead atoms. The number of aromatic nitrogens is 4. The molecule has 0 aliphatic heterocycles. The molecule has 0 saturated heterocycles. The van der Waals surface area contributed by atoms with Crippen molar-refractivity contribution < 1.29 is 0 Å². The second-order valence-electron chi connectivity index (χ2n) is 13.5. The first-order valence-electron chi connectivity index (χ1n) is 18.1. The van der Waals surface area contributed by atoms with E-state index in [4.69, 9.17) is 15.0 Å². The lowest BCUT2D eigenvalue weighted by Gasteiger charge is -2.14. The zero-order valence-corrected chi connectivity index (χ0v) is 29.3. The topological polar surface area (TPSA) is 51.6 Å². The van der Waals surface area contributed by atoms with E-state index in [1.807, 2.05) is 48.7 Å². The van der Waals surface area contributed by atoms with E-state index in [0.717, 1.165) is 83.2 Å². The van der Waals surface area contributed by atoms with Crippen LogP contribution in [-0.4, -0.2) is 19.9 Å². The van der Waals surface area contributed by atoms with Crippen LogP contribution in [0.3, 0.4) is 0 Å². The van der Waals surface area contributed by atoms with Crippen molar-refractivity contribution in [2.75, 3.05) is 0 Å². The van der Waals surface area contributed by atoms with Crippen LogP contribution in [0, 0.1) is 0 Å². The van der Waals surface area contributed by atoms with Crippen LogP contribution in [-0.2, 0) is 0 Å². The average molecular weight is 689 g/mol.